The molecule has 1 heterocycles. The molecule has 0 aliphatic heterocycles. The minimum Gasteiger partial charge on any atom is -0.438 e. The fraction of sp³-hybridized carbons (Fsp3) is 0. The van der Waals surface area contributed by atoms with Gasteiger partial charge in [-0.1, -0.05) is 11.6 Å². The minimum atomic E-state index is -1.08. The van der Waals surface area contributed by atoms with Crippen molar-refractivity contribution in [1.29, 1.82) is 0 Å². The Bertz CT molecular complexity index is 650. The van der Waals surface area contributed by atoms with Gasteiger partial charge in [0.1, 0.15) is 11.3 Å². The molecule has 0 spiro atoms. The van der Waals surface area contributed by atoms with Gasteiger partial charge in [-0.3, -0.25) is 4.79 Å². The second kappa shape index (κ2) is 5.19. The van der Waals surface area contributed by atoms with Crippen molar-refractivity contribution in [3.8, 4) is 11.6 Å². The summed E-state index contributed by atoms with van der Waals surface area (Å²) in [5, 5.41) is 0.200. The third-order valence-electron chi connectivity index (χ3n) is 2.19. The van der Waals surface area contributed by atoms with Crippen LogP contribution in [-0.2, 0) is 0 Å². The van der Waals surface area contributed by atoms with E-state index < -0.39 is 17.5 Å². The van der Waals surface area contributed by atoms with Crippen LogP contribution in [0.2, 0.25) is 5.02 Å². The summed E-state index contributed by atoms with van der Waals surface area (Å²) in [6.45, 7) is 0. The normalized spacial score (nSPS) is 10.3. The second-order valence-electron chi connectivity index (χ2n) is 3.55. The van der Waals surface area contributed by atoms with Crippen molar-refractivity contribution in [3.05, 3.63) is 52.7 Å². The van der Waals surface area contributed by atoms with E-state index in [1.807, 2.05) is 0 Å². The van der Waals surface area contributed by atoms with E-state index in [0.29, 0.717) is 0 Å². The lowest BCUT2D eigenvalue weighted by atomic mass is 10.2. The molecule has 4 nitrogen and oxygen atoms in total. The van der Waals surface area contributed by atoms with E-state index >= 15 is 0 Å². The van der Waals surface area contributed by atoms with Crippen LogP contribution in [0.5, 0.6) is 11.6 Å². The molecule has 2 rings (SSSR count). The highest BCUT2D eigenvalue weighted by atomic mass is 35.5. The molecule has 0 radical (unpaired) electrons. The van der Waals surface area contributed by atoms with Crippen LogP contribution in [0.4, 0.5) is 8.78 Å². The fourth-order valence-electron chi connectivity index (χ4n) is 1.34. The van der Waals surface area contributed by atoms with Crippen LogP contribution in [0.3, 0.4) is 0 Å². The molecule has 1 amide bonds. The Balaban J connectivity index is 2.37. The highest BCUT2D eigenvalue weighted by Crippen LogP contribution is 2.26. The van der Waals surface area contributed by atoms with Crippen LogP contribution in [0.25, 0.3) is 0 Å². The lowest BCUT2D eigenvalue weighted by Crippen LogP contribution is -2.13. The predicted octanol–water partition coefficient (Wildman–Crippen LogP) is 2.90. The SMILES string of the molecule is NC(=O)c1cc(Cl)cnc1Oc1ccc(F)c(F)c1. The molecule has 0 fully saturated rings. The van der Waals surface area contributed by atoms with Gasteiger partial charge in [0, 0.05) is 12.3 Å². The van der Waals surface area contributed by atoms with Gasteiger partial charge in [0.05, 0.1) is 5.02 Å². The number of nitrogens with zero attached hydrogens (tertiary/aromatic N) is 1. The number of ether oxygens (including phenoxy) is 1. The number of carbonyl (C=O) groups excluding carboxylic acids is 1. The van der Waals surface area contributed by atoms with Crippen LogP contribution in [0, 0.1) is 11.6 Å². The lowest BCUT2D eigenvalue weighted by molar-refractivity contribution is 0.0997. The molecule has 0 aliphatic carbocycles. The van der Waals surface area contributed by atoms with Crippen molar-refractivity contribution in [3.63, 3.8) is 0 Å². The van der Waals surface area contributed by atoms with Crippen molar-refractivity contribution in [2.24, 2.45) is 5.73 Å². The maximum absolute atomic E-state index is 13.0. The molecule has 1 aromatic carbocycles. The smallest absolute Gasteiger partial charge is 0.254 e. The Labute approximate surface area is 111 Å². The average Bonchev–Trinajstić information content (AvgIpc) is 2.36. The highest BCUT2D eigenvalue weighted by Gasteiger charge is 2.13. The number of hydrogen-bond acceptors (Lipinski definition) is 3. The Hall–Kier alpha value is -2.21. The zero-order valence-corrected chi connectivity index (χ0v) is 10.1. The van der Waals surface area contributed by atoms with E-state index in [-0.39, 0.29) is 22.2 Å². The first-order valence-electron chi connectivity index (χ1n) is 5.05. The van der Waals surface area contributed by atoms with Crippen LogP contribution < -0.4 is 10.5 Å². The molecule has 2 aromatic rings. The van der Waals surface area contributed by atoms with Crippen molar-refractivity contribution >= 4 is 17.5 Å². The lowest BCUT2D eigenvalue weighted by Gasteiger charge is -2.08. The van der Waals surface area contributed by atoms with Crippen molar-refractivity contribution in [2.75, 3.05) is 0 Å². The van der Waals surface area contributed by atoms with Gasteiger partial charge in [-0.05, 0) is 18.2 Å². The van der Waals surface area contributed by atoms with Crippen molar-refractivity contribution in [2.45, 2.75) is 0 Å². The Morgan fingerprint density at radius 1 is 1.26 bits per heavy atom. The van der Waals surface area contributed by atoms with Gasteiger partial charge in [0.25, 0.3) is 5.91 Å². The van der Waals surface area contributed by atoms with E-state index in [4.69, 9.17) is 22.1 Å². The summed E-state index contributed by atoms with van der Waals surface area (Å²) < 4.78 is 31.0. The number of aromatic nitrogens is 1. The predicted molar refractivity (Wildman–Crippen MR) is 64.2 cm³/mol. The molecule has 98 valence electrons. The number of rotatable bonds is 3. The summed E-state index contributed by atoms with van der Waals surface area (Å²) in [5.74, 6) is -3.04. The van der Waals surface area contributed by atoms with Gasteiger partial charge in [0.2, 0.25) is 5.88 Å². The van der Waals surface area contributed by atoms with Crippen LogP contribution in [-0.4, -0.2) is 10.9 Å². The monoisotopic (exact) mass is 284 g/mol. The molecule has 2 N–H and O–H groups in total. The standard InChI is InChI=1S/C12H7ClF2N2O2/c13-6-3-8(11(16)18)12(17-5-6)19-7-1-2-9(14)10(15)4-7/h1-5H,(H2,16,18). The summed E-state index contributed by atoms with van der Waals surface area (Å²) >= 11 is 5.67. The summed E-state index contributed by atoms with van der Waals surface area (Å²) in [6, 6.07) is 4.19. The van der Waals surface area contributed by atoms with Gasteiger partial charge < -0.3 is 10.5 Å². The van der Waals surface area contributed by atoms with Gasteiger partial charge >= 0.3 is 0 Å². The number of halogens is 3. The van der Waals surface area contributed by atoms with Gasteiger partial charge in [0.15, 0.2) is 11.6 Å². The van der Waals surface area contributed by atoms with Crippen LogP contribution >= 0.6 is 11.6 Å². The first kappa shape index (κ1) is 13.2. The Morgan fingerprint density at radius 3 is 2.63 bits per heavy atom. The van der Waals surface area contributed by atoms with Gasteiger partial charge in [-0.2, -0.15) is 0 Å². The summed E-state index contributed by atoms with van der Waals surface area (Å²) in [4.78, 5) is 15.0. The number of carbonyl (C=O) groups is 1. The first-order chi connectivity index (χ1) is 8.97. The molecule has 0 aliphatic rings. The van der Waals surface area contributed by atoms with E-state index in [9.17, 15) is 13.6 Å². The van der Waals surface area contributed by atoms with Crippen LogP contribution in [0.1, 0.15) is 10.4 Å². The van der Waals surface area contributed by atoms with Crippen molar-refractivity contribution < 1.29 is 18.3 Å². The van der Waals surface area contributed by atoms with E-state index in [1.54, 1.807) is 0 Å². The quantitative estimate of drug-likeness (QED) is 0.942. The highest BCUT2D eigenvalue weighted by molar-refractivity contribution is 6.30. The minimum absolute atomic E-state index is 0.0174. The molecule has 19 heavy (non-hydrogen) atoms. The molecule has 7 heteroatoms. The second-order valence-corrected chi connectivity index (χ2v) is 3.98. The zero-order chi connectivity index (χ0) is 14.0. The third kappa shape index (κ3) is 2.97. The number of amides is 1. The maximum atomic E-state index is 13.0. The average molecular weight is 285 g/mol. The summed E-state index contributed by atoms with van der Waals surface area (Å²) in [7, 11) is 0. The molecular formula is C12H7ClF2N2O2. The number of hydrogen-bond donors (Lipinski definition) is 1. The van der Waals surface area contributed by atoms with E-state index in [1.165, 1.54) is 18.3 Å². The number of benzene rings is 1. The Morgan fingerprint density at radius 2 is 2.00 bits per heavy atom. The molecule has 0 bridgehead atoms. The molecule has 0 saturated heterocycles. The van der Waals surface area contributed by atoms with Gasteiger partial charge in [-0.15, -0.1) is 0 Å². The summed E-state index contributed by atoms with van der Waals surface area (Å²) in [6.07, 6.45) is 1.24. The maximum Gasteiger partial charge on any atom is 0.254 e. The number of nitrogens with two attached hydrogens (primary N) is 1. The van der Waals surface area contributed by atoms with Crippen molar-refractivity contribution in [1.82, 2.24) is 4.98 Å². The molecule has 1 aromatic heterocycles. The third-order valence-corrected chi connectivity index (χ3v) is 2.40. The number of pyridine rings is 1. The summed E-state index contributed by atoms with van der Waals surface area (Å²) in [5.41, 5.74) is 5.08. The molecule has 0 saturated carbocycles. The number of primary amides is 1. The zero-order valence-electron chi connectivity index (χ0n) is 9.36. The molecule has 0 atom stereocenters. The van der Waals surface area contributed by atoms with E-state index in [0.717, 1.165) is 12.1 Å². The molecular weight excluding hydrogens is 278 g/mol. The fourth-order valence-corrected chi connectivity index (χ4v) is 1.49. The largest absolute Gasteiger partial charge is 0.438 e. The Kier molecular flexibility index (Phi) is 3.62. The van der Waals surface area contributed by atoms with Crippen LogP contribution in [0.15, 0.2) is 30.5 Å². The van der Waals surface area contributed by atoms with E-state index in [2.05, 4.69) is 4.98 Å². The van der Waals surface area contributed by atoms with Gasteiger partial charge in [-0.25, -0.2) is 13.8 Å². The topological polar surface area (TPSA) is 65.2 Å². The molecule has 0 unspecified atom stereocenters. The first-order valence-corrected chi connectivity index (χ1v) is 5.43.